The van der Waals surface area contributed by atoms with E-state index in [9.17, 15) is 9.59 Å². The number of nitrogens with zero attached hydrogens (tertiary/aromatic N) is 2. The highest BCUT2D eigenvalue weighted by molar-refractivity contribution is 6.16. The Hall–Kier alpha value is -4.50. The van der Waals surface area contributed by atoms with Crippen molar-refractivity contribution in [2.45, 2.75) is 0 Å². The highest BCUT2D eigenvalue weighted by Gasteiger charge is 2.18. The van der Waals surface area contributed by atoms with E-state index in [-0.39, 0.29) is 23.8 Å². The third-order valence-corrected chi connectivity index (χ3v) is 4.72. The molecule has 6 heteroatoms. The standard InChI is InChI=1S/C25H18N4O2/c1-2-14-27-25(31)20-9-4-3-8-19(20)24(30)17-10-12-21-22(28-29-23(21)16-17)13-11-18-7-5-6-15-26-18/h1,3-13,15-16H,14H2,(H,27,31)(H,28,29)/b13-11+. The summed E-state index contributed by atoms with van der Waals surface area (Å²) in [6, 6.07) is 17.6. The maximum atomic E-state index is 13.1. The number of pyridine rings is 1. The van der Waals surface area contributed by atoms with E-state index in [2.05, 4.69) is 26.4 Å². The van der Waals surface area contributed by atoms with Crippen LogP contribution in [-0.4, -0.2) is 33.4 Å². The monoisotopic (exact) mass is 406 g/mol. The molecule has 0 radical (unpaired) electrons. The second-order valence-corrected chi connectivity index (χ2v) is 6.72. The second kappa shape index (κ2) is 8.89. The molecule has 0 saturated carbocycles. The normalized spacial score (nSPS) is 10.8. The number of fused-ring (bicyclic) bond motifs is 1. The van der Waals surface area contributed by atoms with Gasteiger partial charge < -0.3 is 5.32 Å². The first kappa shape index (κ1) is 19.8. The number of rotatable bonds is 6. The maximum absolute atomic E-state index is 13.1. The van der Waals surface area contributed by atoms with Crippen molar-refractivity contribution in [1.29, 1.82) is 0 Å². The van der Waals surface area contributed by atoms with Crippen molar-refractivity contribution in [3.63, 3.8) is 0 Å². The predicted octanol–water partition coefficient (Wildman–Crippen LogP) is 3.72. The lowest BCUT2D eigenvalue weighted by Crippen LogP contribution is -2.25. The number of aromatic amines is 1. The molecule has 2 aromatic heterocycles. The van der Waals surface area contributed by atoms with Gasteiger partial charge in [0.2, 0.25) is 0 Å². The molecule has 4 aromatic rings. The summed E-state index contributed by atoms with van der Waals surface area (Å²) in [5, 5.41) is 10.8. The third kappa shape index (κ3) is 4.26. The van der Waals surface area contributed by atoms with Gasteiger partial charge in [-0.2, -0.15) is 5.10 Å². The second-order valence-electron chi connectivity index (χ2n) is 6.72. The third-order valence-electron chi connectivity index (χ3n) is 4.72. The van der Waals surface area contributed by atoms with Gasteiger partial charge >= 0.3 is 0 Å². The van der Waals surface area contributed by atoms with E-state index in [0.29, 0.717) is 11.1 Å². The van der Waals surface area contributed by atoms with Gasteiger partial charge in [0, 0.05) is 22.7 Å². The molecule has 1 amide bonds. The highest BCUT2D eigenvalue weighted by atomic mass is 16.2. The fraction of sp³-hybridized carbons (Fsp3) is 0.0400. The van der Waals surface area contributed by atoms with Gasteiger partial charge in [-0.05, 0) is 42.5 Å². The summed E-state index contributed by atoms with van der Waals surface area (Å²) >= 11 is 0. The summed E-state index contributed by atoms with van der Waals surface area (Å²) in [5.74, 6) is 1.72. The number of nitrogens with one attached hydrogen (secondary N) is 2. The number of hydrogen-bond donors (Lipinski definition) is 2. The number of amides is 1. The molecule has 2 aromatic carbocycles. The Labute approximate surface area is 179 Å². The largest absolute Gasteiger partial charge is 0.341 e. The summed E-state index contributed by atoms with van der Waals surface area (Å²) in [7, 11) is 0. The summed E-state index contributed by atoms with van der Waals surface area (Å²) in [5.41, 5.74) is 3.34. The predicted molar refractivity (Wildman–Crippen MR) is 120 cm³/mol. The van der Waals surface area contributed by atoms with Crippen LogP contribution < -0.4 is 5.32 Å². The zero-order chi connectivity index (χ0) is 21.6. The summed E-state index contributed by atoms with van der Waals surface area (Å²) < 4.78 is 0. The SMILES string of the molecule is C#CCNC(=O)c1ccccc1C(=O)c1ccc2c(/C=C/c3ccccn3)n[nH]c2c1. The molecule has 2 N–H and O–H groups in total. The van der Waals surface area contributed by atoms with Gasteiger partial charge in [0.15, 0.2) is 5.78 Å². The lowest BCUT2D eigenvalue weighted by molar-refractivity contribution is 0.0946. The van der Waals surface area contributed by atoms with Crippen LogP contribution in [0.5, 0.6) is 0 Å². The molecule has 6 nitrogen and oxygen atoms in total. The molecule has 0 saturated heterocycles. The molecule has 0 fully saturated rings. The molecule has 0 bridgehead atoms. The van der Waals surface area contributed by atoms with E-state index >= 15 is 0 Å². The first-order chi connectivity index (χ1) is 15.2. The van der Waals surface area contributed by atoms with Gasteiger partial charge in [-0.3, -0.25) is 19.7 Å². The molecule has 150 valence electrons. The number of benzene rings is 2. The molecule has 2 heterocycles. The molecular weight excluding hydrogens is 388 g/mol. The van der Waals surface area contributed by atoms with E-state index in [1.54, 1.807) is 42.6 Å². The van der Waals surface area contributed by atoms with E-state index in [0.717, 1.165) is 22.3 Å². The minimum atomic E-state index is -0.383. The van der Waals surface area contributed by atoms with E-state index in [1.807, 2.05) is 36.4 Å². The fourth-order valence-corrected chi connectivity index (χ4v) is 3.21. The average molecular weight is 406 g/mol. The lowest BCUT2D eigenvalue weighted by Gasteiger charge is -2.08. The Bertz CT molecular complexity index is 1330. The molecular formula is C25H18N4O2. The van der Waals surface area contributed by atoms with Crippen molar-refractivity contribution in [1.82, 2.24) is 20.5 Å². The number of H-pyrrole nitrogens is 1. The molecule has 0 spiro atoms. The number of ketones is 1. The van der Waals surface area contributed by atoms with Crippen LogP contribution in [0.1, 0.15) is 37.7 Å². The van der Waals surface area contributed by atoms with Gasteiger partial charge in [-0.15, -0.1) is 6.42 Å². The fourth-order valence-electron chi connectivity index (χ4n) is 3.21. The van der Waals surface area contributed by atoms with Crippen molar-refractivity contribution < 1.29 is 9.59 Å². The van der Waals surface area contributed by atoms with Crippen LogP contribution in [0.25, 0.3) is 23.1 Å². The maximum Gasteiger partial charge on any atom is 0.252 e. The highest BCUT2D eigenvalue weighted by Crippen LogP contribution is 2.22. The Morgan fingerprint density at radius 2 is 1.84 bits per heavy atom. The first-order valence-corrected chi connectivity index (χ1v) is 9.60. The minimum absolute atomic E-state index is 0.0935. The summed E-state index contributed by atoms with van der Waals surface area (Å²) in [6.45, 7) is 0.0935. The van der Waals surface area contributed by atoms with Crippen LogP contribution in [-0.2, 0) is 0 Å². The van der Waals surface area contributed by atoms with Gasteiger partial charge in [-0.25, -0.2) is 0 Å². The van der Waals surface area contributed by atoms with Gasteiger partial charge in [0.25, 0.3) is 5.91 Å². The zero-order valence-electron chi connectivity index (χ0n) is 16.5. The van der Waals surface area contributed by atoms with Crippen LogP contribution in [0.15, 0.2) is 66.9 Å². The minimum Gasteiger partial charge on any atom is -0.341 e. The van der Waals surface area contributed by atoms with Crippen molar-refractivity contribution in [3.05, 3.63) is 94.9 Å². The van der Waals surface area contributed by atoms with Gasteiger partial charge in [0.1, 0.15) is 0 Å². The summed E-state index contributed by atoms with van der Waals surface area (Å²) in [4.78, 5) is 29.8. The number of hydrogen-bond acceptors (Lipinski definition) is 4. The van der Waals surface area contributed by atoms with E-state index in [4.69, 9.17) is 6.42 Å². The first-order valence-electron chi connectivity index (χ1n) is 9.60. The lowest BCUT2D eigenvalue weighted by atomic mass is 9.97. The molecule has 0 aliphatic carbocycles. The molecule has 0 atom stereocenters. The molecule has 0 aliphatic heterocycles. The zero-order valence-corrected chi connectivity index (χ0v) is 16.5. The number of aromatic nitrogens is 3. The number of terminal acetylenes is 1. The van der Waals surface area contributed by atoms with Gasteiger partial charge in [0.05, 0.1) is 29.0 Å². The van der Waals surface area contributed by atoms with Gasteiger partial charge in [-0.1, -0.05) is 36.3 Å². The van der Waals surface area contributed by atoms with Crippen LogP contribution >= 0.6 is 0 Å². The van der Waals surface area contributed by atoms with Crippen LogP contribution in [0, 0.1) is 12.3 Å². The Balaban J connectivity index is 1.63. The molecule has 4 rings (SSSR count). The van der Waals surface area contributed by atoms with Crippen molar-refractivity contribution in [2.75, 3.05) is 6.54 Å². The van der Waals surface area contributed by atoms with Crippen LogP contribution in [0.4, 0.5) is 0 Å². The molecule has 31 heavy (non-hydrogen) atoms. The molecule has 0 unspecified atom stereocenters. The number of carbonyl (C=O) groups is 2. The summed E-state index contributed by atoms with van der Waals surface area (Å²) in [6.07, 6.45) is 10.7. The average Bonchev–Trinajstić information content (AvgIpc) is 3.23. The van der Waals surface area contributed by atoms with E-state index in [1.165, 1.54) is 0 Å². The Morgan fingerprint density at radius 3 is 2.61 bits per heavy atom. The van der Waals surface area contributed by atoms with Crippen LogP contribution in [0.3, 0.4) is 0 Å². The topological polar surface area (TPSA) is 87.7 Å². The van der Waals surface area contributed by atoms with E-state index < -0.39 is 0 Å². The van der Waals surface area contributed by atoms with Crippen LogP contribution in [0.2, 0.25) is 0 Å². The number of carbonyl (C=O) groups excluding carboxylic acids is 2. The van der Waals surface area contributed by atoms with Crippen molar-refractivity contribution in [3.8, 4) is 12.3 Å². The Kier molecular flexibility index (Phi) is 5.68. The van der Waals surface area contributed by atoms with Crippen molar-refractivity contribution in [2.24, 2.45) is 0 Å². The Morgan fingerprint density at radius 1 is 1.03 bits per heavy atom. The quantitative estimate of drug-likeness (QED) is 0.377. The van der Waals surface area contributed by atoms with Crippen molar-refractivity contribution >= 4 is 34.7 Å². The smallest absolute Gasteiger partial charge is 0.252 e. The molecule has 0 aliphatic rings.